The summed E-state index contributed by atoms with van der Waals surface area (Å²) in [5.74, 6) is 0.929. The molecule has 31 heavy (non-hydrogen) atoms. The number of rotatable bonds is 7. The highest BCUT2D eigenvalue weighted by Crippen LogP contribution is 2.26. The first-order valence-corrected chi connectivity index (χ1v) is 12.7. The monoisotopic (exact) mass is 457 g/mol. The van der Waals surface area contributed by atoms with Crippen LogP contribution in [-0.2, 0) is 21.2 Å². The number of aromatic nitrogens is 4. The van der Waals surface area contributed by atoms with Crippen LogP contribution >= 0.6 is 11.8 Å². The molecule has 0 saturated carbocycles. The highest BCUT2D eigenvalue weighted by atomic mass is 32.2. The lowest BCUT2D eigenvalue weighted by Crippen LogP contribution is -2.38. The van der Waals surface area contributed by atoms with Gasteiger partial charge in [0.25, 0.3) is 0 Å². The van der Waals surface area contributed by atoms with Crippen LogP contribution in [-0.4, -0.2) is 69.3 Å². The van der Waals surface area contributed by atoms with E-state index in [4.69, 9.17) is 0 Å². The lowest BCUT2D eigenvalue weighted by Gasteiger charge is -2.23. The van der Waals surface area contributed by atoms with Crippen molar-refractivity contribution < 1.29 is 13.2 Å². The summed E-state index contributed by atoms with van der Waals surface area (Å²) in [6.45, 7) is 0.568. The van der Waals surface area contributed by atoms with Gasteiger partial charge in [0, 0.05) is 31.0 Å². The van der Waals surface area contributed by atoms with Gasteiger partial charge in [0.2, 0.25) is 5.91 Å². The lowest BCUT2D eigenvalue weighted by atomic mass is 10.2. The quantitative estimate of drug-likeness (QED) is 0.501. The lowest BCUT2D eigenvalue weighted by molar-refractivity contribution is -0.128. The molecule has 3 heterocycles. The van der Waals surface area contributed by atoms with Gasteiger partial charge in [0.05, 0.1) is 23.8 Å². The van der Waals surface area contributed by atoms with E-state index >= 15 is 0 Å². The van der Waals surface area contributed by atoms with E-state index in [9.17, 15) is 13.2 Å². The molecule has 0 unspecified atom stereocenters. The van der Waals surface area contributed by atoms with Gasteiger partial charge in [-0.3, -0.25) is 14.3 Å². The minimum Gasteiger partial charge on any atom is -0.341 e. The smallest absolute Gasteiger partial charge is 0.233 e. The van der Waals surface area contributed by atoms with Gasteiger partial charge >= 0.3 is 0 Å². The van der Waals surface area contributed by atoms with Crippen molar-refractivity contribution in [3.8, 4) is 11.4 Å². The van der Waals surface area contributed by atoms with E-state index < -0.39 is 9.84 Å². The average Bonchev–Trinajstić information content (AvgIpc) is 3.35. The van der Waals surface area contributed by atoms with Crippen LogP contribution in [0.15, 0.2) is 60.0 Å². The maximum Gasteiger partial charge on any atom is 0.233 e. The first-order valence-electron chi connectivity index (χ1n) is 9.89. The van der Waals surface area contributed by atoms with Gasteiger partial charge in [-0.2, -0.15) is 0 Å². The van der Waals surface area contributed by atoms with Crippen molar-refractivity contribution in [1.82, 2.24) is 24.6 Å². The van der Waals surface area contributed by atoms with Crippen molar-refractivity contribution in [3.63, 3.8) is 0 Å². The van der Waals surface area contributed by atoms with Crippen LogP contribution < -0.4 is 0 Å². The molecule has 3 aromatic rings. The summed E-state index contributed by atoms with van der Waals surface area (Å²) >= 11 is 1.31. The first kappa shape index (κ1) is 21.5. The Bertz CT molecular complexity index is 1150. The third-order valence-electron chi connectivity index (χ3n) is 5.31. The Morgan fingerprint density at radius 2 is 1.90 bits per heavy atom. The number of sulfone groups is 1. The molecule has 4 rings (SSSR count). The summed E-state index contributed by atoms with van der Waals surface area (Å²) < 4.78 is 25.5. The Morgan fingerprint density at radius 1 is 1.16 bits per heavy atom. The SMILES string of the molecule is CN(C(=O)CSc1nnc(-c2ccncc2)n1Cc1ccccc1)[C@H]1CCS(=O)(=O)C1. The number of carbonyl (C=O) groups excluding carboxylic acids is 1. The zero-order valence-electron chi connectivity index (χ0n) is 17.1. The highest BCUT2D eigenvalue weighted by Gasteiger charge is 2.32. The van der Waals surface area contributed by atoms with Crippen LogP contribution in [0.5, 0.6) is 0 Å². The molecule has 0 N–H and O–H groups in total. The predicted molar refractivity (Wildman–Crippen MR) is 119 cm³/mol. The van der Waals surface area contributed by atoms with Crippen LogP contribution in [0.3, 0.4) is 0 Å². The molecule has 1 atom stereocenters. The van der Waals surface area contributed by atoms with E-state index in [2.05, 4.69) is 15.2 Å². The summed E-state index contributed by atoms with van der Waals surface area (Å²) in [5, 5.41) is 9.33. The van der Waals surface area contributed by atoms with Crippen LogP contribution in [0.2, 0.25) is 0 Å². The van der Waals surface area contributed by atoms with Crippen molar-refractivity contribution in [1.29, 1.82) is 0 Å². The molecule has 162 valence electrons. The van der Waals surface area contributed by atoms with E-state index in [0.29, 0.717) is 23.9 Å². The zero-order valence-corrected chi connectivity index (χ0v) is 18.7. The molecule has 0 radical (unpaired) electrons. The van der Waals surface area contributed by atoms with Crippen molar-refractivity contribution in [2.24, 2.45) is 0 Å². The zero-order chi connectivity index (χ0) is 21.8. The number of nitrogens with zero attached hydrogens (tertiary/aromatic N) is 5. The van der Waals surface area contributed by atoms with Crippen molar-refractivity contribution in [2.45, 2.75) is 24.2 Å². The Labute approximate surface area is 185 Å². The van der Waals surface area contributed by atoms with Gasteiger partial charge < -0.3 is 4.90 Å². The molecule has 1 saturated heterocycles. The molecule has 8 nitrogen and oxygen atoms in total. The summed E-state index contributed by atoms with van der Waals surface area (Å²) in [4.78, 5) is 18.3. The molecule has 1 aromatic carbocycles. The average molecular weight is 458 g/mol. The van der Waals surface area contributed by atoms with Crippen LogP contribution in [0.1, 0.15) is 12.0 Å². The number of pyridine rings is 1. The number of benzene rings is 1. The van der Waals surface area contributed by atoms with Crippen LogP contribution in [0, 0.1) is 0 Å². The number of thioether (sulfide) groups is 1. The third kappa shape index (κ3) is 5.13. The summed E-state index contributed by atoms with van der Waals surface area (Å²) in [7, 11) is -1.37. The van der Waals surface area contributed by atoms with E-state index in [1.54, 1.807) is 24.3 Å². The molecule has 2 aromatic heterocycles. The number of hydrogen-bond acceptors (Lipinski definition) is 7. The van der Waals surface area contributed by atoms with Crippen LogP contribution in [0.4, 0.5) is 0 Å². The second kappa shape index (κ2) is 9.19. The molecule has 1 fully saturated rings. The molecular formula is C21H23N5O3S2. The Morgan fingerprint density at radius 3 is 2.58 bits per heavy atom. The molecule has 1 aliphatic rings. The summed E-state index contributed by atoms with van der Waals surface area (Å²) in [6, 6.07) is 13.5. The van der Waals surface area contributed by atoms with Gasteiger partial charge in [-0.15, -0.1) is 10.2 Å². The second-order valence-electron chi connectivity index (χ2n) is 7.46. The maximum absolute atomic E-state index is 12.7. The van der Waals surface area contributed by atoms with Crippen molar-refractivity contribution in [2.75, 3.05) is 24.3 Å². The van der Waals surface area contributed by atoms with E-state index in [1.165, 1.54) is 11.8 Å². The summed E-state index contributed by atoms with van der Waals surface area (Å²) in [5.41, 5.74) is 1.99. The molecule has 0 aliphatic carbocycles. The topological polar surface area (TPSA) is 98.1 Å². The molecule has 1 aliphatic heterocycles. The largest absolute Gasteiger partial charge is 0.341 e. The minimum atomic E-state index is -3.04. The standard InChI is InChI=1S/C21H23N5O3S2/c1-25(18-9-12-31(28,29)15-18)19(27)14-30-21-24-23-20(17-7-10-22-11-8-17)26(21)13-16-5-3-2-4-6-16/h2-8,10-11,18H,9,12-15H2,1H3/t18-/m0/s1. The van der Waals surface area contributed by atoms with Crippen LogP contribution in [0.25, 0.3) is 11.4 Å². The van der Waals surface area contributed by atoms with E-state index in [-0.39, 0.29) is 29.2 Å². The van der Waals surface area contributed by atoms with Crippen molar-refractivity contribution >= 4 is 27.5 Å². The number of amides is 1. The van der Waals surface area contributed by atoms with Gasteiger partial charge in [-0.05, 0) is 24.1 Å². The van der Waals surface area contributed by atoms with Gasteiger partial charge in [-0.1, -0.05) is 42.1 Å². The molecule has 0 bridgehead atoms. The summed E-state index contributed by atoms with van der Waals surface area (Å²) in [6.07, 6.45) is 3.90. The second-order valence-corrected chi connectivity index (χ2v) is 10.6. The number of hydrogen-bond donors (Lipinski definition) is 0. The van der Waals surface area contributed by atoms with Gasteiger partial charge in [-0.25, -0.2) is 8.42 Å². The fourth-order valence-corrected chi connectivity index (χ4v) is 6.17. The fraction of sp³-hybridized carbons (Fsp3) is 0.333. The highest BCUT2D eigenvalue weighted by molar-refractivity contribution is 7.99. The molecule has 10 heteroatoms. The van der Waals surface area contributed by atoms with E-state index in [1.807, 2.05) is 47.0 Å². The van der Waals surface area contributed by atoms with Gasteiger partial charge in [0.15, 0.2) is 20.8 Å². The van der Waals surface area contributed by atoms with Crippen molar-refractivity contribution in [3.05, 3.63) is 60.4 Å². The van der Waals surface area contributed by atoms with E-state index in [0.717, 1.165) is 11.1 Å². The molecular weight excluding hydrogens is 434 g/mol. The Hall–Kier alpha value is -2.72. The predicted octanol–water partition coefficient (Wildman–Crippen LogP) is 2.13. The maximum atomic E-state index is 12.7. The minimum absolute atomic E-state index is 0.0380. The molecule has 0 spiro atoms. The number of carbonyl (C=O) groups is 1. The normalized spacial score (nSPS) is 17.5. The van der Waals surface area contributed by atoms with Gasteiger partial charge in [0.1, 0.15) is 0 Å². The Balaban J connectivity index is 1.52. The molecule has 1 amide bonds. The Kier molecular flexibility index (Phi) is 6.38. The first-order chi connectivity index (χ1) is 14.9. The fourth-order valence-electron chi connectivity index (χ4n) is 3.53. The third-order valence-corrected chi connectivity index (χ3v) is 8.02.